The lowest BCUT2D eigenvalue weighted by atomic mass is 10.1. The highest BCUT2D eigenvalue weighted by Gasteiger charge is 2.27. The first-order chi connectivity index (χ1) is 8.00. The first-order valence-corrected chi connectivity index (χ1v) is 5.78. The molecular formula is C11H18N2O4. The van der Waals surface area contributed by atoms with Crippen LogP contribution in [0.15, 0.2) is 0 Å². The first kappa shape index (κ1) is 13.6. The van der Waals surface area contributed by atoms with Gasteiger partial charge in [0.15, 0.2) is 0 Å². The second-order valence-electron chi connectivity index (χ2n) is 4.30. The molecule has 0 radical (unpaired) electrons. The van der Waals surface area contributed by atoms with Crippen molar-refractivity contribution < 1.29 is 19.1 Å². The molecule has 1 aliphatic rings. The van der Waals surface area contributed by atoms with E-state index in [0.717, 1.165) is 13.0 Å². The molecule has 0 saturated carbocycles. The maximum Gasteiger partial charge on any atom is 0.330 e. The van der Waals surface area contributed by atoms with Crippen molar-refractivity contribution in [1.82, 2.24) is 5.32 Å². The number of nitrogens with two attached hydrogens (primary N) is 1. The zero-order valence-electron chi connectivity index (χ0n) is 9.90. The van der Waals surface area contributed by atoms with Gasteiger partial charge in [-0.3, -0.25) is 9.59 Å². The summed E-state index contributed by atoms with van der Waals surface area (Å²) in [6, 6.07) is -0.373. The minimum absolute atomic E-state index is 0.117. The minimum Gasteiger partial charge on any atom is -0.392 e. The molecule has 1 heterocycles. The van der Waals surface area contributed by atoms with Crippen molar-refractivity contribution in [3.05, 3.63) is 0 Å². The molecule has 1 amide bonds. The van der Waals surface area contributed by atoms with Gasteiger partial charge in [-0.25, -0.2) is 4.79 Å². The Kier molecular flexibility index (Phi) is 5.09. The molecule has 0 aliphatic carbocycles. The summed E-state index contributed by atoms with van der Waals surface area (Å²) in [5.74, 6) is -2.08. The third-order valence-electron chi connectivity index (χ3n) is 2.77. The highest BCUT2D eigenvalue weighted by Crippen LogP contribution is 2.11. The van der Waals surface area contributed by atoms with Crippen molar-refractivity contribution in [2.45, 2.75) is 38.6 Å². The summed E-state index contributed by atoms with van der Waals surface area (Å²) in [6.07, 6.45) is 2.03. The summed E-state index contributed by atoms with van der Waals surface area (Å²) in [7, 11) is 0. The zero-order chi connectivity index (χ0) is 12.8. The topological polar surface area (TPSA) is 98.5 Å². The van der Waals surface area contributed by atoms with Gasteiger partial charge >= 0.3 is 11.9 Å². The molecule has 1 unspecified atom stereocenters. The zero-order valence-corrected chi connectivity index (χ0v) is 9.90. The van der Waals surface area contributed by atoms with Gasteiger partial charge in [0.1, 0.15) is 6.04 Å². The lowest BCUT2D eigenvalue weighted by molar-refractivity contribution is -0.163. The highest BCUT2D eigenvalue weighted by molar-refractivity contribution is 5.89. The largest absolute Gasteiger partial charge is 0.392 e. The van der Waals surface area contributed by atoms with E-state index in [-0.39, 0.29) is 12.5 Å². The van der Waals surface area contributed by atoms with Crippen molar-refractivity contribution in [2.75, 3.05) is 6.54 Å². The van der Waals surface area contributed by atoms with Gasteiger partial charge in [0.05, 0.1) is 5.92 Å². The van der Waals surface area contributed by atoms with E-state index in [1.54, 1.807) is 6.92 Å². The third kappa shape index (κ3) is 4.52. The molecule has 0 aromatic heterocycles. The Labute approximate surface area is 99.9 Å². The van der Waals surface area contributed by atoms with Crippen molar-refractivity contribution >= 4 is 17.8 Å². The quantitative estimate of drug-likeness (QED) is 0.510. The van der Waals surface area contributed by atoms with Gasteiger partial charge in [-0.15, -0.1) is 0 Å². The van der Waals surface area contributed by atoms with Crippen molar-refractivity contribution in [3.63, 3.8) is 0 Å². The second-order valence-corrected chi connectivity index (χ2v) is 4.30. The van der Waals surface area contributed by atoms with E-state index in [1.807, 2.05) is 0 Å². The molecular weight excluding hydrogens is 224 g/mol. The van der Waals surface area contributed by atoms with Gasteiger partial charge in [-0.1, -0.05) is 6.92 Å². The van der Waals surface area contributed by atoms with E-state index in [1.165, 1.54) is 0 Å². The normalized spacial score (nSPS) is 20.9. The van der Waals surface area contributed by atoms with Gasteiger partial charge in [0.25, 0.3) is 0 Å². The summed E-state index contributed by atoms with van der Waals surface area (Å²) < 4.78 is 4.74. The van der Waals surface area contributed by atoms with Gasteiger partial charge in [0.2, 0.25) is 5.91 Å². The lowest BCUT2D eigenvalue weighted by Crippen LogP contribution is -2.35. The maximum absolute atomic E-state index is 11.5. The minimum atomic E-state index is -0.593. The Bertz CT molecular complexity index is 311. The van der Waals surface area contributed by atoms with Crippen LogP contribution < -0.4 is 11.1 Å². The van der Waals surface area contributed by atoms with Crippen LogP contribution in [-0.2, 0) is 19.1 Å². The molecule has 3 N–H and O–H groups in total. The molecule has 6 nitrogen and oxygen atoms in total. The number of carbonyl (C=O) groups excluding carboxylic acids is 3. The molecule has 1 rings (SSSR count). The van der Waals surface area contributed by atoms with E-state index in [4.69, 9.17) is 10.5 Å². The van der Waals surface area contributed by atoms with Gasteiger partial charge in [-0.05, 0) is 25.8 Å². The number of nitrogens with one attached hydrogen (secondary N) is 1. The fourth-order valence-corrected chi connectivity index (χ4v) is 1.63. The number of primary amides is 1. The highest BCUT2D eigenvalue weighted by atomic mass is 16.6. The van der Waals surface area contributed by atoms with E-state index in [9.17, 15) is 14.4 Å². The van der Waals surface area contributed by atoms with Crippen molar-refractivity contribution in [3.8, 4) is 0 Å². The van der Waals surface area contributed by atoms with Gasteiger partial charge in [0, 0.05) is 6.42 Å². The standard InChI is InChI=1S/C11H18N2O4/c1-7(4-5-9(12)14)10(15)17-11(16)8-3-2-6-13-8/h7-8,13H,2-6H2,1H3,(H2,12,14)/t7?,8-/m0/s1. The van der Waals surface area contributed by atoms with Crippen LogP contribution in [0, 0.1) is 5.92 Å². The number of hydrogen-bond donors (Lipinski definition) is 2. The Balaban J connectivity index is 2.31. The van der Waals surface area contributed by atoms with Crippen LogP contribution in [0.4, 0.5) is 0 Å². The fourth-order valence-electron chi connectivity index (χ4n) is 1.63. The summed E-state index contributed by atoms with van der Waals surface area (Å²) in [5, 5.41) is 2.95. The summed E-state index contributed by atoms with van der Waals surface area (Å²) >= 11 is 0. The molecule has 1 saturated heterocycles. The Morgan fingerprint density at radius 2 is 2.18 bits per heavy atom. The Hall–Kier alpha value is -1.43. The SMILES string of the molecule is CC(CCC(N)=O)C(=O)OC(=O)[C@@H]1CCCN1. The van der Waals surface area contributed by atoms with Crippen LogP contribution in [0.3, 0.4) is 0 Å². The number of carbonyl (C=O) groups is 3. The van der Waals surface area contributed by atoms with Crippen LogP contribution in [0.2, 0.25) is 0 Å². The molecule has 6 heteroatoms. The van der Waals surface area contributed by atoms with Gasteiger partial charge in [-0.2, -0.15) is 0 Å². The number of ether oxygens (including phenoxy) is 1. The van der Waals surface area contributed by atoms with Gasteiger partial charge < -0.3 is 15.8 Å². The molecule has 17 heavy (non-hydrogen) atoms. The molecule has 96 valence electrons. The maximum atomic E-state index is 11.5. The number of esters is 2. The number of rotatable bonds is 5. The fraction of sp³-hybridized carbons (Fsp3) is 0.727. The van der Waals surface area contributed by atoms with Crippen molar-refractivity contribution in [1.29, 1.82) is 0 Å². The average molecular weight is 242 g/mol. The molecule has 0 spiro atoms. The molecule has 0 aromatic rings. The second kappa shape index (κ2) is 6.34. The number of hydrogen-bond acceptors (Lipinski definition) is 5. The Morgan fingerprint density at radius 1 is 1.47 bits per heavy atom. The molecule has 1 aliphatic heterocycles. The smallest absolute Gasteiger partial charge is 0.330 e. The van der Waals surface area contributed by atoms with E-state index >= 15 is 0 Å². The first-order valence-electron chi connectivity index (χ1n) is 5.78. The van der Waals surface area contributed by atoms with Crippen LogP contribution in [0.25, 0.3) is 0 Å². The van der Waals surface area contributed by atoms with Crippen LogP contribution in [0.1, 0.15) is 32.6 Å². The van der Waals surface area contributed by atoms with Crippen LogP contribution >= 0.6 is 0 Å². The average Bonchev–Trinajstić information content (AvgIpc) is 2.78. The van der Waals surface area contributed by atoms with Crippen molar-refractivity contribution in [2.24, 2.45) is 11.7 Å². The van der Waals surface area contributed by atoms with E-state index < -0.39 is 23.8 Å². The predicted octanol–water partition coefficient (Wildman–Crippen LogP) is -0.290. The van der Waals surface area contributed by atoms with E-state index in [0.29, 0.717) is 12.8 Å². The van der Waals surface area contributed by atoms with E-state index in [2.05, 4.69) is 5.32 Å². The predicted molar refractivity (Wildman–Crippen MR) is 59.7 cm³/mol. The third-order valence-corrected chi connectivity index (χ3v) is 2.77. The Morgan fingerprint density at radius 3 is 2.71 bits per heavy atom. The molecule has 0 aromatic carbocycles. The van der Waals surface area contributed by atoms with Crippen LogP contribution in [0.5, 0.6) is 0 Å². The molecule has 0 bridgehead atoms. The summed E-state index contributed by atoms with van der Waals surface area (Å²) in [4.78, 5) is 33.6. The molecule has 2 atom stereocenters. The summed E-state index contributed by atoms with van der Waals surface area (Å²) in [6.45, 7) is 2.38. The molecule has 1 fully saturated rings. The summed E-state index contributed by atoms with van der Waals surface area (Å²) in [5.41, 5.74) is 4.97. The lowest BCUT2D eigenvalue weighted by Gasteiger charge is -2.12. The number of amides is 1. The monoisotopic (exact) mass is 242 g/mol. The van der Waals surface area contributed by atoms with Crippen LogP contribution in [-0.4, -0.2) is 30.4 Å².